The summed E-state index contributed by atoms with van der Waals surface area (Å²) in [5.41, 5.74) is 2.48. The van der Waals surface area contributed by atoms with Gasteiger partial charge in [-0.3, -0.25) is 14.5 Å². The molecule has 0 N–H and O–H groups in total. The molecular formula is C27H25NO7S2. The van der Waals surface area contributed by atoms with Crippen LogP contribution in [-0.2, 0) is 14.9 Å². The standard InChI is InChI=1S/C27H25NO7S2/c1-18-9-10-19(2)23(15-18)34-14-13-28-26(29)25(36-27(28)30)17-20-11-12-22(33-3)24(16-20)35-37(31,32)21-7-5-4-6-8-21/h4-12,15-17H,13-14H2,1-3H3/b25-17-. The van der Waals surface area contributed by atoms with Gasteiger partial charge in [0.2, 0.25) is 0 Å². The van der Waals surface area contributed by atoms with E-state index in [9.17, 15) is 18.0 Å². The fourth-order valence-corrected chi connectivity index (χ4v) is 5.37. The van der Waals surface area contributed by atoms with Gasteiger partial charge in [0.15, 0.2) is 11.5 Å². The third-order valence-corrected chi connectivity index (χ3v) is 7.66. The molecule has 1 fully saturated rings. The van der Waals surface area contributed by atoms with Crippen LogP contribution in [0.25, 0.3) is 6.08 Å². The second-order valence-corrected chi connectivity index (χ2v) is 10.8. The van der Waals surface area contributed by atoms with Crippen LogP contribution >= 0.6 is 11.8 Å². The van der Waals surface area contributed by atoms with Crippen LogP contribution in [0.3, 0.4) is 0 Å². The molecule has 1 aliphatic rings. The van der Waals surface area contributed by atoms with Crippen LogP contribution in [0, 0.1) is 13.8 Å². The Labute approximate surface area is 220 Å². The topological polar surface area (TPSA) is 99.2 Å². The summed E-state index contributed by atoms with van der Waals surface area (Å²) in [6.45, 7) is 4.14. The van der Waals surface area contributed by atoms with E-state index in [2.05, 4.69) is 0 Å². The number of carbonyl (C=O) groups is 2. The number of hydrogen-bond donors (Lipinski definition) is 0. The Balaban J connectivity index is 1.49. The van der Waals surface area contributed by atoms with E-state index in [1.807, 2.05) is 32.0 Å². The summed E-state index contributed by atoms with van der Waals surface area (Å²) in [5.74, 6) is 0.420. The average Bonchev–Trinajstić information content (AvgIpc) is 3.14. The van der Waals surface area contributed by atoms with Gasteiger partial charge in [-0.2, -0.15) is 8.42 Å². The highest BCUT2D eigenvalue weighted by atomic mass is 32.2. The molecule has 0 unspecified atom stereocenters. The molecule has 192 valence electrons. The molecule has 8 nitrogen and oxygen atoms in total. The summed E-state index contributed by atoms with van der Waals surface area (Å²) in [6, 6.07) is 18.2. The van der Waals surface area contributed by atoms with Crippen LogP contribution in [0.15, 0.2) is 76.5 Å². The van der Waals surface area contributed by atoms with Crippen molar-refractivity contribution in [3.8, 4) is 17.2 Å². The monoisotopic (exact) mass is 539 g/mol. The number of amides is 2. The number of benzene rings is 3. The van der Waals surface area contributed by atoms with E-state index in [0.717, 1.165) is 27.8 Å². The van der Waals surface area contributed by atoms with Crippen molar-refractivity contribution in [2.45, 2.75) is 18.7 Å². The minimum Gasteiger partial charge on any atom is -0.493 e. The lowest BCUT2D eigenvalue weighted by atomic mass is 10.1. The molecule has 0 aromatic heterocycles. The summed E-state index contributed by atoms with van der Waals surface area (Å²) in [7, 11) is -2.71. The molecule has 0 radical (unpaired) electrons. The Bertz CT molecular complexity index is 1470. The SMILES string of the molecule is COc1ccc(/C=C2\SC(=O)N(CCOc3cc(C)ccc3C)C2=O)cc1OS(=O)(=O)c1ccccc1. The van der Waals surface area contributed by atoms with Gasteiger partial charge in [0.1, 0.15) is 17.3 Å². The number of ether oxygens (including phenoxy) is 2. The van der Waals surface area contributed by atoms with Crippen LogP contribution in [0.2, 0.25) is 0 Å². The Kier molecular flexibility index (Phi) is 7.89. The van der Waals surface area contributed by atoms with Crippen molar-refractivity contribution >= 4 is 39.1 Å². The number of imide groups is 1. The zero-order valence-electron chi connectivity index (χ0n) is 20.5. The predicted octanol–water partition coefficient (Wildman–Crippen LogP) is 5.20. The number of methoxy groups -OCH3 is 1. The van der Waals surface area contributed by atoms with Crippen molar-refractivity contribution in [3.05, 3.63) is 88.3 Å². The highest BCUT2D eigenvalue weighted by Crippen LogP contribution is 2.35. The molecule has 1 aliphatic heterocycles. The molecular weight excluding hydrogens is 514 g/mol. The van der Waals surface area contributed by atoms with Crippen molar-refractivity contribution in [2.75, 3.05) is 20.3 Å². The first-order valence-electron chi connectivity index (χ1n) is 11.3. The first-order valence-corrected chi connectivity index (χ1v) is 13.5. The van der Waals surface area contributed by atoms with E-state index in [1.54, 1.807) is 24.3 Å². The molecule has 4 rings (SSSR count). The maximum Gasteiger partial charge on any atom is 0.339 e. The van der Waals surface area contributed by atoms with Gasteiger partial charge in [0.05, 0.1) is 18.6 Å². The third kappa shape index (κ3) is 6.15. The lowest BCUT2D eigenvalue weighted by Crippen LogP contribution is -2.32. The maximum atomic E-state index is 12.9. The van der Waals surface area contributed by atoms with Crippen molar-refractivity contribution in [1.82, 2.24) is 4.90 Å². The van der Waals surface area contributed by atoms with E-state index in [-0.39, 0.29) is 34.5 Å². The Morgan fingerprint density at radius 3 is 2.41 bits per heavy atom. The highest BCUT2D eigenvalue weighted by molar-refractivity contribution is 8.18. The summed E-state index contributed by atoms with van der Waals surface area (Å²) in [6.07, 6.45) is 1.51. The van der Waals surface area contributed by atoms with Crippen LogP contribution < -0.4 is 13.7 Å². The largest absolute Gasteiger partial charge is 0.493 e. The van der Waals surface area contributed by atoms with Gasteiger partial charge in [-0.15, -0.1) is 0 Å². The van der Waals surface area contributed by atoms with E-state index in [4.69, 9.17) is 13.7 Å². The van der Waals surface area contributed by atoms with E-state index >= 15 is 0 Å². The van der Waals surface area contributed by atoms with Gasteiger partial charge in [-0.25, -0.2) is 0 Å². The van der Waals surface area contributed by atoms with E-state index in [1.165, 1.54) is 37.5 Å². The summed E-state index contributed by atoms with van der Waals surface area (Å²) >= 11 is 0.807. The molecule has 0 bridgehead atoms. The number of carbonyl (C=O) groups excluding carboxylic acids is 2. The Morgan fingerprint density at radius 2 is 1.68 bits per heavy atom. The van der Waals surface area contributed by atoms with Crippen molar-refractivity contribution in [1.29, 1.82) is 0 Å². The van der Waals surface area contributed by atoms with Gasteiger partial charge in [-0.05, 0) is 78.7 Å². The lowest BCUT2D eigenvalue weighted by Gasteiger charge is -2.14. The number of nitrogens with zero attached hydrogens (tertiary/aromatic N) is 1. The minimum absolute atomic E-state index is 0.00773. The van der Waals surface area contributed by atoms with Gasteiger partial charge in [0.25, 0.3) is 11.1 Å². The third-order valence-electron chi connectivity index (χ3n) is 5.51. The minimum atomic E-state index is -4.11. The van der Waals surface area contributed by atoms with Crippen LogP contribution in [0.4, 0.5) is 4.79 Å². The summed E-state index contributed by atoms with van der Waals surface area (Å²) in [4.78, 5) is 26.7. The smallest absolute Gasteiger partial charge is 0.339 e. The zero-order chi connectivity index (χ0) is 26.6. The molecule has 0 aliphatic carbocycles. The first-order chi connectivity index (χ1) is 17.7. The zero-order valence-corrected chi connectivity index (χ0v) is 22.1. The summed E-state index contributed by atoms with van der Waals surface area (Å²) in [5, 5.41) is -0.405. The van der Waals surface area contributed by atoms with Gasteiger partial charge >= 0.3 is 10.1 Å². The molecule has 1 heterocycles. The van der Waals surface area contributed by atoms with Crippen molar-refractivity contribution in [2.24, 2.45) is 0 Å². The molecule has 37 heavy (non-hydrogen) atoms. The average molecular weight is 540 g/mol. The number of thioether (sulfide) groups is 1. The van der Waals surface area contributed by atoms with Gasteiger partial charge in [0, 0.05) is 0 Å². The number of hydrogen-bond acceptors (Lipinski definition) is 8. The molecule has 3 aromatic rings. The van der Waals surface area contributed by atoms with E-state index in [0.29, 0.717) is 11.3 Å². The lowest BCUT2D eigenvalue weighted by molar-refractivity contribution is -0.123. The van der Waals surface area contributed by atoms with Crippen LogP contribution in [-0.4, -0.2) is 44.7 Å². The van der Waals surface area contributed by atoms with Crippen molar-refractivity contribution in [3.63, 3.8) is 0 Å². The number of rotatable bonds is 9. The quantitative estimate of drug-likeness (QED) is 0.270. The van der Waals surface area contributed by atoms with Crippen LogP contribution in [0.5, 0.6) is 17.2 Å². The predicted molar refractivity (Wildman–Crippen MR) is 141 cm³/mol. The van der Waals surface area contributed by atoms with E-state index < -0.39 is 21.3 Å². The maximum absolute atomic E-state index is 12.9. The fraction of sp³-hybridized carbons (Fsp3) is 0.185. The molecule has 0 atom stereocenters. The van der Waals surface area contributed by atoms with Gasteiger partial charge in [-0.1, -0.05) is 36.4 Å². The highest BCUT2D eigenvalue weighted by Gasteiger charge is 2.35. The molecule has 1 saturated heterocycles. The molecule has 2 amide bonds. The molecule has 3 aromatic carbocycles. The molecule has 0 saturated carbocycles. The molecule has 0 spiro atoms. The van der Waals surface area contributed by atoms with Gasteiger partial charge < -0.3 is 13.7 Å². The summed E-state index contributed by atoms with van der Waals surface area (Å²) < 4.78 is 41.7. The first kappa shape index (κ1) is 26.3. The second kappa shape index (κ2) is 11.1. The van der Waals surface area contributed by atoms with Crippen molar-refractivity contribution < 1.29 is 31.7 Å². The normalized spacial score (nSPS) is 14.8. The second-order valence-electron chi connectivity index (χ2n) is 8.21. The fourth-order valence-electron chi connectivity index (χ4n) is 3.56. The number of aryl methyl sites for hydroxylation is 2. The van der Waals surface area contributed by atoms with Crippen LogP contribution in [0.1, 0.15) is 16.7 Å². The Morgan fingerprint density at radius 1 is 0.919 bits per heavy atom. The Hall–Kier alpha value is -3.76. The molecule has 10 heteroatoms.